The zero-order valence-electron chi connectivity index (χ0n) is 6.94. The summed E-state index contributed by atoms with van der Waals surface area (Å²) in [5.41, 5.74) is 0. The molecule has 0 saturated carbocycles. The predicted molar refractivity (Wildman–Crippen MR) is 44.8 cm³/mol. The van der Waals surface area contributed by atoms with E-state index in [9.17, 15) is 0 Å². The first kappa shape index (κ1) is 7.21. The Bertz CT molecular complexity index is 379. The van der Waals surface area contributed by atoms with Gasteiger partial charge in [0.05, 0.1) is 0 Å². The standard InChI is InChI=1S/C8H10N4/c1-2-4-7-10-11-8-9-5-3-6-12(7)8/h3,5-6H,2,4H2,1H3. The molecule has 0 unspecified atom stereocenters. The van der Waals surface area contributed by atoms with Crippen molar-refractivity contribution in [1.29, 1.82) is 0 Å². The van der Waals surface area contributed by atoms with Crippen LogP contribution in [0.4, 0.5) is 0 Å². The summed E-state index contributed by atoms with van der Waals surface area (Å²) in [4.78, 5) is 4.07. The maximum atomic E-state index is 4.07. The van der Waals surface area contributed by atoms with Gasteiger partial charge < -0.3 is 0 Å². The monoisotopic (exact) mass is 162 g/mol. The molecule has 0 fully saturated rings. The Balaban J connectivity index is 2.55. The Morgan fingerprint density at radius 2 is 2.33 bits per heavy atom. The second-order valence-corrected chi connectivity index (χ2v) is 2.66. The van der Waals surface area contributed by atoms with E-state index in [1.54, 1.807) is 6.20 Å². The van der Waals surface area contributed by atoms with Gasteiger partial charge in [-0.25, -0.2) is 4.98 Å². The van der Waals surface area contributed by atoms with Crippen LogP contribution in [-0.4, -0.2) is 19.6 Å². The lowest BCUT2D eigenvalue weighted by Gasteiger charge is -1.94. The van der Waals surface area contributed by atoms with Crippen LogP contribution < -0.4 is 0 Å². The van der Waals surface area contributed by atoms with Crippen LogP contribution in [0.5, 0.6) is 0 Å². The molecular weight excluding hydrogens is 152 g/mol. The molecule has 0 amide bonds. The first-order chi connectivity index (χ1) is 5.92. The molecule has 0 aliphatic heterocycles. The minimum absolute atomic E-state index is 0.681. The molecule has 4 nitrogen and oxygen atoms in total. The third kappa shape index (κ3) is 1.05. The van der Waals surface area contributed by atoms with Gasteiger partial charge in [-0.15, -0.1) is 10.2 Å². The van der Waals surface area contributed by atoms with Crippen molar-refractivity contribution in [2.75, 3.05) is 0 Å². The topological polar surface area (TPSA) is 43.1 Å². The predicted octanol–water partition coefficient (Wildman–Crippen LogP) is 1.08. The third-order valence-electron chi connectivity index (χ3n) is 1.73. The highest BCUT2D eigenvalue weighted by atomic mass is 15.3. The van der Waals surface area contributed by atoms with Gasteiger partial charge in [-0.1, -0.05) is 6.92 Å². The summed E-state index contributed by atoms with van der Waals surface area (Å²) in [6, 6.07) is 1.88. The molecule has 2 aromatic rings. The number of rotatable bonds is 2. The summed E-state index contributed by atoms with van der Waals surface area (Å²) in [6.07, 6.45) is 5.69. The molecule has 2 rings (SSSR count). The minimum Gasteiger partial charge on any atom is -0.270 e. The van der Waals surface area contributed by atoms with E-state index >= 15 is 0 Å². The van der Waals surface area contributed by atoms with E-state index < -0.39 is 0 Å². The number of aryl methyl sites for hydroxylation is 1. The lowest BCUT2D eigenvalue weighted by molar-refractivity contribution is 0.817. The molecule has 2 heterocycles. The molecule has 0 radical (unpaired) electrons. The first-order valence-corrected chi connectivity index (χ1v) is 4.06. The highest BCUT2D eigenvalue weighted by molar-refractivity contribution is 5.25. The fourth-order valence-electron chi connectivity index (χ4n) is 1.18. The Labute approximate surface area is 70.3 Å². The Hall–Kier alpha value is -1.45. The molecule has 0 spiro atoms. The van der Waals surface area contributed by atoms with Crippen molar-refractivity contribution in [3.8, 4) is 0 Å². The summed E-state index contributed by atoms with van der Waals surface area (Å²) in [5, 5.41) is 7.97. The minimum atomic E-state index is 0.681. The van der Waals surface area contributed by atoms with E-state index in [2.05, 4.69) is 22.1 Å². The smallest absolute Gasteiger partial charge is 0.254 e. The Kier molecular flexibility index (Phi) is 1.74. The highest BCUT2D eigenvalue weighted by Gasteiger charge is 2.02. The molecule has 0 aliphatic carbocycles. The number of hydrogen-bond donors (Lipinski definition) is 0. The van der Waals surface area contributed by atoms with Gasteiger partial charge in [0.15, 0.2) is 0 Å². The van der Waals surface area contributed by atoms with Gasteiger partial charge >= 0.3 is 0 Å². The molecule has 0 aromatic carbocycles. The molecule has 12 heavy (non-hydrogen) atoms. The molecule has 2 aromatic heterocycles. The van der Waals surface area contributed by atoms with Gasteiger partial charge in [-0.2, -0.15) is 0 Å². The van der Waals surface area contributed by atoms with Gasteiger partial charge in [0.1, 0.15) is 5.82 Å². The first-order valence-electron chi connectivity index (χ1n) is 4.06. The normalized spacial score (nSPS) is 10.8. The van der Waals surface area contributed by atoms with Gasteiger partial charge in [-0.05, 0) is 12.5 Å². The number of nitrogens with zero attached hydrogens (tertiary/aromatic N) is 4. The molecular formula is C8H10N4. The Morgan fingerprint density at radius 1 is 1.42 bits per heavy atom. The molecule has 0 N–H and O–H groups in total. The van der Waals surface area contributed by atoms with Gasteiger partial charge in [-0.3, -0.25) is 4.40 Å². The van der Waals surface area contributed by atoms with E-state index in [0.717, 1.165) is 18.7 Å². The third-order valence-corrected chi connectivity index (χ3v) is 1.73. The van der Waals surface area contributed by atoms with E-state index in [0.29, 0.717) is 5.78 Å². The summed E-state index contributed by atoms with van der Waals surface area (Å²) in [7, 11) is 0. The van der Waals surface area contributed by atoms with Crippen LogP contribution in [0, 0.1) is 0 Å². The van der Waals surface area contributed by atoms with E-state index in [4.69, 9.17) is 0 Å². The van der Waals surface area contributed by atoms with E-state index in [1.165, 1.54) is 0 Å². The van der Waals surface area contributed by atoms with Gasteiger partial charge in [0.2, 0.25) is 0 Å². The van der Waals surface area contributed by atoms with Crippen molar-refractivity contribution in [2.24, 2.45) is 0 Å². The summed E-state index contributed by atoms with van der Waals surface area (Å²) in [5.74, 6) is 1.67. The number of aromatic nitrogens is 4. The number of hydrogen-bond acceptors (Lipinski definition) is 3. The van der Waals surface area contributed by atoms with Crippen LogP contribution in [0.1, 0.15) is 19.2 Å². The fraction of sp³-hybridized carbons (Fsp3) is 0.375. The summed E-state index contributed by atoms with van der Waals surface area (Å²) >= 11 is 0. The van der Waals surface area contributed by atoms with Crippen molar-refractivity contribution >= 4 is 5.78 Å². The maximum Gasteiger partial charge on any atom is 0.254 e. The molecule has 62 valence electrons. The van der Waals surface area contributed by atoms with Crippen molar-refractivity contribution in [1.82, 2.24) is 19.6 Å². The molecule has 0 aliphatic rings. The molecule has 0 saturated heterocycles. The zero-order chi connectivity index (χ0) is 8.39. The summed E-state index contributed by atoms with van der Waals surface area (Å²) < 4.78 is 1.92. The molecule has 0 atom stereocenters. The largest absolute Gasteiger partial charge is 0.270 e. The highest BCUT2D eigenvalue weighted by Crippen LogP contribution is 2.01. The second kappa shape index (κ2) is 2.89. The van der Waals surface area contributed by atoms with Crippen molar-refractivity contribution < 1.29 is 0 Å². The van der Waals surface area contributed by atoms with Crippen LogP contribution >= 0.6 is 0 Å². The van der Waals surface area contributed by atoms with Gasteiger partial charge in [0.25, 0.3) is 5.78 Å². The van der Waals surface area contributed by atoms with Crippen LogP contribution in [0.15, 0.2) is 18.5 Å². The average molecular weight is 162 g/mol. The van der Waals surface area contributed by atoms with Crippen molar-refractivity contribution in [2.45, 2.75) is 19.8 Å². The zero-order valence-corrected chi connectivity index (χ0v) is 6.94. The van der Waals surface area contributed by atoms with Crippen LogP contribution in [-0.2, 0) is 6.42 Å². The lowest BCUT2D eigenvalue weighted by atomic mass is 10.3. The Morgan fingerprint density at radius 3 is 3.17 bits per heavy atom. The second-order valence-electron chi connectivity index (χ2n) is 2.66. The van der Waals surface area contributed by atoms with E-state index in [-0.39, 0.29) is 0 Å². The fourth-order valence-corrected chi connectivity index (χ4v) is 1.18. The lowest BCUT2D eigenvalue weighted by Crippen LogP contribution is -1.93. The van der Waals surface area contributed by atoms with Crippen LogP contribution in [0.25, 0.3) is 5.78 Å². The quantitative estimate of drug-likeness (QED) is 0.663. The van der Waals surface area contributed by atoms with Gasteiger partial charge in [0, 0.05) is 18.8 Å². The van der Waals surface area contributed by atoms with E-state index in [1.807, 2.05) is 16.7 Å². The average Bonchev–Trinajstić information content (AvgIpc) is 2.50. The van der Waals surface area contributed by atoms with Crippen molar-refractivity contribution in [3.05, 3.63) is 24.3 Å². The molecule has 4 heteroatoms. The molecule has 0 bridgehead atoms. The van der Waals surface area contributed by atoms with Crippen LogP contribution in [0.2, 0.25) is 0 Å². The van der Waals surface area contributed by atoms with Crippen LogP contribution in [0.3, 0.4) is 0 Å². The maximum absolute atomic E-state index is 4.07. The summed E-state index contributed by atoms with van der Waals surface area (Å²) in [6.45, 7) is 2.12. The SMILES string of the molecule is CCCc1nnc2ncccn12. The number of fused-ring (bicyclic) bond motifs is 1. The van der Waals surface area contributed by atoms with Crippen molar-refractivity contribution in [3.63, 3.8) is 0 Å².